The Kier molecular flexibility index (Phi) is 4.26. The van der Waals surface area contributed by atoms with E-state index in [-0.39, 0.29) is 11.9 Å². The highest BCUT2D eigenvalue weighted by Crippen LogP contribution is 2.27. The summed E-state index contributed by atoms with van der Waals surface area (Å²) in [6.45, 7) is 5.05. The SMILES string of the molecule is Cc1csc([C@H]2CN(Cc3ccc(F)c4cccnc34)CCO2)n1. The summed E-state index contributed by atoms with van der Waals surface area (Å²) in [5, 5.41) is 3.66. The molecule has 124 valence electrons. The van der Waals surface area contributed by atoms with Crippen LogP contribution in [-0.4, -0.2) is 34.6 Å². The predicted octanol–water partition coefficient (Wildman–Crippen LogP) is 3.71. The van der Waals surface area contributed by atoms with E-state index in [0.717, 1.165) is 41.4 Å². The van der Waals surface area contributed by atoms with Crippen LogP contribution >= 0.6 is 11.3 Å². The number of thiazole rings is 1. The number of aryl methyl sites for hydroxylation is 1. The number of pyridine rings is 1. The van der Waals surface area contributed by atoms with Crippen LogP contribution < -0.4 is 0 Å². The summed E-state index contributed by atoms with van der Waals surface area (Å²) in [4.78, 5) is 11.2. The van der Waals surface area contributed by atoms with Gasteiger partial charge in [0, 0.05) is 42.3 Å². The Hall–Kier alpha value is -1.89. The first-order valence-corrected chi connectivity index (χ1v) is 8.87. The maximum absolute atomic E-state index is 13.9. The summed E-state index contributed by atoms with van der Waals surface area (Å²) in [6, 6.07) is 6.91. The van der Waals surface area contributed by atoms with E-state index in [1.165, 1.54) is 6.07 Å². The second-order valence-corrected chi connectivity index (χ2v) is 6.92. The number of aromatic nitrogens is 2. The zero-order valence-electron chi connectivity index (χ0n) is 13.4. The largest absolute Gasteiger partial charge is 0.368 e. The van der Waals surface area contributed by atoms with Crippen molar-refractivity contribution in [3.63, 3.8) is 0 Å². The summed E-state index contributed by atoms with van der Waals surface area (Å²) < 4.78 is 19.8. The molecule has 1 aliphatic rings. The summed E-state index contributed by atoms with van der Waals surface area (Å²) in [7, 11) is 0. The Morgan fingerprint density at radius 2 is 2.29 bits per heavy atom. The van der Waals surface area contributed by atoms with Gasteiger partial charge in [0.1, 0.15) is 16.9 Å². The van der Waals surface area contributed by atoms with Gasteiger partial charge >= 0.3 is 0 Å². The fourth-order valence-electron chi connectivity index (χ4n) is 3.08. The van der Waals surface area contributed by atoms with Crippen molar-refractivity contribution in [1.29, 1.82) is 0 Å². The first-order chi connectivity index (χ1) is 11.7. The molecule has 1 aromatic carbocycles. The molecule has 0 saturated carbocycles. The van der Waals surface area contributed by atoms with Crippen molar-refractivity contribution in [2.45, 2.75) is 19.6 Å². The van der Waals surface area contributed by atoms with Gasteiger partial charge in [-0.05, 0) is 30.7 Å². The van der Waals surface area contributed by atoms with E-state index in [9.17, 15) is 4.39 Å². The van der Waals surface area contributed by atoms with Crippen molar-refractivity contribution in [2.24, 2.45) is 0 Å². The predicted molar refractivity (Wildman–Crippen MR) is 92.5 cm³/mol. The lowest BCUT2D eigenvalue weighted by Gasteiger charge is -2.32. The van der Waals surface area contributed by atoms with E-state index in [0.29, 0.717) is 12.0 Å². The van der Waals surface area contributed by atoms with Crippen LogP contribution in [-0.2, 0) is 11.3 Å². The normalized spacial score (nSPS) is 19.0. The fraction of sp³-hybridized carbons (Fsp3) is 0.333. The summed E-state index contributed by atoms with van der Waals surface area (Å²) >= 11 is 1.64. The van der Waals surface area contributed by atoms with Gasteiger partial charge in [-0.2, -0.15) is 0 Å². The summed E-state index contributed by atoms with van der Waals surface area (Å²) in [5.41, 5.74) is 2.82. The molecule has 3 aromatic rings. The van der Waals surface area contributed by atoms with E-state index in [4.69, 9.17) is 4.74 Å². The van der Waals surface area contributed by atoms with Gasteiger partial charge in [-0.1, -0.05) is 6.07 Å². The third kappa shape index (κ3) is 3.05. The smallest absolute Gasteiger partial charge is 0.132 e. The van der Waals surface area contributed by atoms with Gasteiger partial charge in [-0.25, -0.2) is 9.37 Å². The van der Waals surface area contributed by atoms with Gasteiger partial charge < -0.3 is 4.74 Å². The molecule has 0 bridgehead atoms. The number of halogens is 1. The van der Waals surface area contributed by atoms with Crippen LogP contribution in [0.4, 0.5) is 4.39 Å². The molecule has 0 N–H and O–H groups in total. The van der Waals surface area contributed by atoms with E-state index in [2.05, 4.69) is 20.2 Å². The molecule has 1 atom stereocenters. The van der Waals surface area contributed by atoms with E-state index in [1.807, 2.05) is 13.0 Å². The number of fused-ring (bicyclic) bond motifs is 1. The van der Waals surface area contributed by atoms with Gasteiger partial charge in [0.25, 0.3) is 0 Å². The molecule has 0 unspecified atom stereocenters. The number of hydrogen-bond acceptors (Lipinski definition) is 5. The van der Waals surface area contributed by atoms with Gasteiger partial charge in [-0.15, -0.1) is 11.3 Å². The molecular formula is C18H18FN3OS. The highest BCUT2D eigenvalue weighted by molar-refractivity contribution is 7.09. The molecule has 0 radical (unpaired) electrons. The zero-order valence-corrected chi connectivity index (χ0v) is 14.2. The highest BCUT2D eigenvalue weighted by Gasteiger charge is 2.24. The molecule has 0 spiro atoms. The van der Waals surface area contributed by atoms with Crippen molar-refractivity contribution in [3.8, 4) is 0 Å². The molecule has 1 saturated heterocycles. The minimum absolute atomic E-state index is 0.0112. The highest BCUT2D eigenvalue weighted by atomic mass is 32.1. The van der Waals surface area contributed by atoms with Crippen molar-refractivity contribution in [1.82, 2.24) is 14.9 Å². The molecular weight excluding hydrogens is 325 g/mol. The average molecular weight is 343 g/mol. The molecule has 6 heteroatoms. The van der Waals surface area contributed by atoms with Crippen molar-refractivity contribution in [2.75, 3.05) is 19.7 Å². The van der Waals surface area contributed by atoms with Crippen LogP contribution in [0.25, 0.3) is 10.9 Å². The van der Waals surface area contributed by atoms with Crippen LogP contribution in [0, 0.1) is 12.7 Å². The van der Waals surface area contributed by atoms with Gasteiger partial charge in [0.2, 0.25) is 0 Å². The van der Waals surface area contributed by atoms with Gasteiger partial charge in [-0.3, -0.25) is 9.88 Å². The lowest BCUT2D eigenvalue weighted by Crippen LogP contribution is -2.37. The molecule has 3 heterocycles. The Labute approximate surface area is 143 Å². The van der Waals surface area contributed by atoms with Gasteiger partial charge in [0.05, 0.1) is 12.1 Å². The molecule has 1 aliphatic heterocycles. The molecule has 1 fully saturated rings. The van der Waals surface area contributed by atoms with Crippen LogP contribution in [0.5, 0.6) is 0 Å². The molecule has 0 amide bonds. The Morgan fingerprint density at radius 3 is 3.12 bits per heavy atom. The first kappa shape index (κ1) is 15.6. The van der Waals surface area contributed by atoms with Crippen molar-refractivity contribution >= 4 is 22.2 Å². The number of morpholine rings is 1. The zero-order chi connectivity index (χ0) is 16.5. The molecule has 2 aromatic heterocycles. The number of rotatable bonds is 3. The topological polar surface area (TPSA) is 38.2 Å². The van der Waals surface area contributed by atoms with Crippen LogP contribution in [0.2, 0.25) is 0 Å². The number of hydrogen-bond donors (Lipinski definition) is 0. The van der Waals surface area contributed by atoms with Crippen molar-refractivity contribution in [3.05, 3.63) is 57.9 Å². The average Bonchev–Trinajstić information content (AvgIpc) is 3.05. The molecule has 4 rings (SSSR count). The molecule has 4 nitrogen and oxygen atoms in total. The molecule has 0 aliphatic carbocycles. The molecule has 24 heavy (non-hydrogen) atoms. The third-order valence-corrected chi connectivity index (χ3v) is 5.31. The van der Waals surface area contributed by atoms with Gasteiger partial charge in [0.15, 0.2) is 0 Å². The maximum atomic E-state index is 13.9. The van der Waals surface area contributed by atoms with E-state index >= 15 is 0 Å². The lowest BCUT2D eigenvalue weighted by atomic mass is 10.1. The number of benzene rings is 1. The monoisotopic (exact) mass is 343 g/mol. The van der Waals surface area contributed by atoms with Crippen LogP contribution in [0.1, 0.15) is 22.4 Å². The second-order valence-electron chi connectivity index (χ2n) is 6.03. The Balaban J connectivity index is 1.56. The van der Waals surface area contributed by atoms with Crippen molar-refractivity contribution < 1.29 is 9.13 Å². The fourth-order valence-corrected chi connectivity index (χ4v) is 3.92. The van der Waals surface area contributed by atoms with E-state index < -0.39 is 0 Å². The maximum Gasteiger partial charge on any atom is 0.132 e. The Morgan fingerprint density at radius 1 is 1.38 bits per heavy atom. The second kappa shape index (κ2) is 6.55. The number of ether oxygens (including phenoxy) is 1. The lowest BCUT2D eigenvalue weighted by molar-refractivity contribution is -0.0329. The van der Waals surface area contributed by atoms with Crippen LogP contribution in [0.3, 0.4) is 0 Å². The first-order valence-electron chi connectivity index (χ1n) is 7.99. The van der Waals surface area contributed by atoms with E-state index in [1.54, 1.807) is 29.7 Å². The minimum Gasteiger partial charge on any atom is -0.368 e. The standard InChI is InChI=1S/C18H18FN3OS/c1-12-11-24-18(21-12)16-10-22(7-8-23-16)9-13-4-5-15(19)14-3-2-6-20-17(13)14/h2-6,11,16H,7-10H2,1H3/t16-/m1/s1. The van der Waals surface area contributed by atoms with Crippen LogP contribution in [0.15, 0.2) is 35.8 Å². The Bertz CT molecular complexity index is 866. The third-order valence-electron chi connectivity index (χ3n) is 4.26. The quantitative estimate of drug-likeness (QED) is 0.727. The summed E-state index contributed by atoms with van der Waals surface area (Å²) in [6.07, 6.45) is 1.73. The minimum atomic E-state index is -0.222. The number of nitrogens with zero attached hydrogens (tertiary/aromatic N) is 3. The summed E-state index contributed by atoms with van der Waals surface area (Å²) in [5.74, 6) is -0.222.